The van der Waals surface area contributed by atoms with E-state index in [0.717, 1.165) is 12.8 Å². The van der Waals surface area contributed by atoms with Gasteiger partial charge in [0, 0.05) is 23.2 Å². The lowest BCUT2D eigenvalue weighted by Crippen LogP contribution is -2.59. The summed E-state index contributed by atoms with van der Waals surface area (Å²) in [6.07, 6.45) is 2.49. The number of halogens is 2. The molecular weight excluding hydrogens is 505 g/mol. The number of ether oxygens (including phenoxy) is 1. The molecule has 0 spiro atoms. The number of methoxy groups -OCH3 is 1. The van der Waals surface area contributed by atoms with E-state index in [-0.39, 0.29) is 50.3 Å². The van der Waals surface area contributed by atoms with E-state index in [9.17, 15) is 24.9 Å². The summed E-state index contributed by atoms with van der Waals surface area (Å²) >= 11 is 12.4. The maximum Gasteiger partial charge on any atom is 0.341 e. The first kappa shape index (κ1) is 26.4. The second-order valence-electron chi connectivity index (χ2n) is 10.9. The van der Waals surface area contributed by atoms with E-state index < -0.39 is 17.5 Å². The molecule has 0 saturated heterocycles. The van der Waals surface area contributed by atoms with Crippen LogP contribution in [-0.4, -0.2) is 39.9 Å². The Balaban J connectivity index is 1.87. The van der Waals surface area contributed by atoms with Crippen LogP contribution in [0.15, 0.2) is 30.3 Å². The van der Waals surface area contributed by atoms with Crippen LogP contribution in [0.4, 0.5) is 5.69 Å². The van der Waals surface area contributed by atoms with Gasteiger partial charge in [-0.1, -0.05) is 44.0 Å². The fraction of sp³-hybridized carbons (Fsp3) is 0.481. The molecule has 0 aliphatic heterocycles. The Morgan fingerprint density at radius 2 is 1.86 bits per heavy atom. The lowest BCUT2D eigenvalue weighted by atomic mass is 9.59. The topological polar surface area (TPSA) is 116 Å². The third kappa shape index (κ3) is 3.97. The third-order valence-corrected chi connectivity index (χ3v) is 9.62. The Morgan fingerprint density at radius 3 is 2.39 bits per heavy atom. The van der Waals surface area contributed by atoms with Gasteiger partial charge < -0.3 is 25.4 Å². The number of hydrogen-bond acceptors (Lipinski definition) is 6. The van der Waals surface area contributed by atoms with Crippen molar-refractivity contribution in [2.24, 2.45) is 22.7 Å². The predicted octanol–water partition coefficient (Wildman–Crippen LogP) is 6.13. The number of rotatable bonds is 7. The van der Waals surface area contributed by atoms with Crippen molar-refractivity contribution < 1.29 is 29.6 Å². The van der Waals surface area contributed by atoms with Gasteiger partial charge in [0.15, 0.2) is 0 Å². The number of carboxylic acids is 1. The van der Waals surface area contributed by atoms with Crippen LogP contribution in [-0.2, 0) is 16.0 Å². The largest absolute Gasteiger partial charge is 0.507 e. The second-order valence-corrected chi connectivity index (χ2v) is 11.7. The van der Waals surface area contributed by atoms with Gasteiger partial charge in [0.1, 0.15) is 22.6 Å². The summed E-state index contributed by atoms with van der Waals surface area (Å²) in [7, 11) is 1.21. The molecule has 2 saturated carbocycles. The van der Waals surface area contributed by atoms with Gasteiger partial charge in [-0.2, -0.15) is 0 Å². The lowest BCUT2D eigenvalue weighted by molar-refractivity contribution is -0.147. The molecule has 36 heavy (non-hydrogen) atoms. The van der Waals surface area contributed by atoms with Gasteiger partial charge in [-0.15, -0.1) is 0 Å². The summed E-state index contributed by atoms with van der Waals surface area (Å²) in [5.41, 5.74) is -1.39. The maximum atomic E-state index is 13.3. The van der Waals surface area contributed by atoms with E-state index in [1.807, 2.05) is 0 Å². The quantitative estimate of drug-likeness (QED) is 0.315. The number of phenols is 2. The van der Waals surface area contributed by atoms with Crippen LogP contribution in [0, 0.1) is 22.7 Å². The van der Waals surface area contributed by atoms with Crippen molar-refractivity contribution in [3.8, 4) is 11.5 Å². The number of fused-ring (bicyclic) bond motifs is 2. The zero-order chi connectivity index (χ0) is 26.6. The zero-order valence-electron chi connectivity index (χ0n) is 20.7. The van der Waals surface area contributed by atoms with Crippen molar-refractivity contribution >= 4 is 40.8 Å². The van der Waals surface area contributed by atoms with Gasteiger partial charge in [-0.3, -0.25) is 0 Å². The van der Waals surface area contributed by atoms with Gasteiger partial charge >= 0.3 is 11.9 Å². The maximum absolute atomic E-state index is 13.3. The molecule has 2 bridgehead atoms. The van der Waals surface area contributed by atoms with Crippen molar-refractivity contribution in [3.63, 3.8) is 0 Å². The number of anilines is 1. The average molecular weight is 536 g/mol. The molecule has 194 valence electrons. The molecule has 4 rings (SSSR count). The summed E-state index contributed by atoms with van der Waals surface area (Å²) in [5.74, 6) is -2.33. The Labute approximate surface area is 220 Å². The summed E-state index contributed by atoms with van der Waals surface area (Å²) in [5, 5.41) is 35.6. The van der Waals surface area contributed by atoms with Gasteiger partial charge in [0.2, 0.25) is 0 Å². The third-order valence-electron chi connectivity index (χ3n) is 9.12. The molecule has 0 radical (unpaired) electrons. The van der Waals surface area contributed by atoms with Crippen molar-refractivity contribution in [2.45, 2.75) is 52.0 Å². The van der Waals surface area contributed by atoms with Crippen molar-refractivity contribution in [1.29, 1.82) is 0 Å². The van der Waals surface area contributed by atoms with Crippen LogP contribution in [0.25, 0.3) is 0 Å². The van der Waals surface area contributed by atoms with Crippen molar-refractivity contribution in [1.82, 2.24) is 0 Å². The van der Waals surface area contributed by atoms with Crippen LogP contribution in [0.2, 0.25) is 10.0 Å². The Hall–Kier alpha value is -2.64. The number of aliphatic carboxylic acids is 1. The first-order valence-electron chi connectivity index (χ1n) is 11.9. The molecule has 9 heteroatoms. The molecule has 2 aliphatic carbocycles. The van der Waals surface area contributed by atoms with E-state index in [1.165, 1.54) is 37.4 Å². The average Bonchev–Trinajstić information content (AvgIpc) is 3.15. The number of phenolic OH excluding ortho intramolecular Hbond substituents is 2. The number of carbonyl (C=O) groups excluding carboxylic acids is 1. The van der Waals surface area contributed by atoms with Gasteiger partial charge in [0.05, 0.1) is 12.1 Å². The molecule has 0 heterocycles. The molecule has 0 amide bonds. The number of carbonyl (C=O) groups is 2. The lowest BCUT2D eigenvalue weighted by Gasteiger charge is -2.48. The van der Waals surface area contributed by atoms with E-state index in [1.54, 1.807) is 0 Å². The minimum absolute atomic E-state index is 0.0312. The van der Waals surface area contributed by atoms with Crippen LogP contribution >= 0.6 is 23.2 Å². The summed E-state index contributed by atoms with van der Waals surface area (Å²) in [4.78, 5) is 25.2. The number of benzene rings is 2. The normalized spacial score (nSPS) is 25.8. The molecule has 2 fully saturated rings. The first-order chi connectivity index (χ1) is 16.8. The predicted molar refractivity (Wildman–Crippen MR) is 138 cm³/mol. The summed E-state index contributed by atoms with van der Waals surface area (Å²) < 4.78 is 4.70. The number of hydrogen-bond donors (Lipinski definition) is 4. The molecule has 4 unspecified atom stereocenters. The Bertz CT molecular complexity index is 1230. The summed E-state index contributed by atoms with van der Waals surface area (Å²) in [6, 6.07) is 7.17. The minimum Gasteiger partial charge on any atom is -0.507 e. The highest BCUT2D eigenvalue weighted by molar-refractivity contribution is 6.35. The number of nitrogens with one attached hydrogen (secondary N) is 1. The van der Waals surface area contributed by atoms with E-state index in [0.29, 0.717) is 23.6 Å². The van der Waals surface area contributed by atoms with Gasteiger partial charge in [-0.25, -0.2) is 9.59 Å². The van der Waals surface area contributed by atoms with Crippen LogP contribution in [0.3, 0.4) is 0 Å². The van der Waals surface area contributed by atoms with Crippen LogP contribution in [0.1, 0.15) is 56.0 Å². The van der Waals surface area contributed by atoms with E-state index in [2.05, 4.69) is 26.1 Å². The molecule has 4 atom stereocenters. The standard InChI is InChI=1S/C27H31Cl2NO6/c1-25(2)15-7-8-26(25,3)21(10-15)27(24(34)35,13-14-9-16(28)11-19(29)22(14)32)30-17-5-6-18(20(31)12-17)23(33)36-4/h5-6,9,11-12,15,21,30-32H,7-8,10,13H2,1-4H3,(H,34,35). The molecule has 7 nitrogen and oxygen atoms in total. The molecule has 2 aliphatic rings. The highest BCUT2D eigenvalue weighted by Gasteiger charge is 2.68. The molecule has 4 N–H and O–H groups in total. The number of carboxylic acid groups (broad SMARTS) is 1. The van der Waals surface area contributed by atoms with Crippen molar-refractivity contribution in [2.75, 3.05) is 12.4 Å². The molecule has 2 aromatic rings. The number of esters is 1. The van der Waals surface area contributed by atoms with Crippen LogP contribution < -0.4 is 5.32 Å². The Morgan fingerprint density at radius 1 is 1.17 bits per heavy atom. The number of aromatic hydroxyl groups is 2. The van der Waals surface area contributed by atoms with Gasteiger partial charge in [-0.05, 0) is 71.8 Å². The minimum atomic E-state index is -1.58. The van der Waals surface area contributed by atoms with E-state index >= 15 is 0 Å². The fourth-order valence-electron chi connectivity index (χ4n) is 6.69. The zero-order valence-corrected chi connectivity index (χ0v) is 22.2. The highest BCUT2D eigenvalue weighted by atomic mass is 35.5. The highest BCUT2D eigenvalue weighted by Crippen LogP contribution is 2.70. The molecule has 0 aromatic heterocycles. The monoisotopic (exact) mass is 535 g/mol. The van der Waals surface area contributed by atoms with E-state index in [4.69, 9.17) is 27.9 Å². The van der Waals surface area contributed by atoms with Gasteiger partial charge in [0.25, 0.3) is 0 Å². The fourth-order valence-corrected chi connectivity index (χ4v) is 7.22. The first-order valence-corrected chi connectivity index (χ1v) is 12.6. The van der Waals surface area contributed by atoms with Crippen molar-refractivity contribution in [3.05, 3.63) is 51.5 Å². The second kappa shape index (κ2) is 9.03. The Kier molecular flexibility index (Phi) is 6.63. The summed E-state index contributed by atoms with van der Waals surface area (Å²) in [6.45, 7) is 6.54. The molecular formula is C27H31Cl2NO6. The SMILES string of the molecule is COC(=O)c1ccc(NC(Cc2cc(Cl)cc(Cl)c2O)(C(=O)O)C2CC3CCC2(C)C3(C)C)cc1O. The smallest absolute Gasteiger partial charge is 0.341 e. The van der Waals surface area contributed by atoms with Crippen LogP contribution in [0.5, 0.6) is 11.5 Å². The molecule has 2 aromatic carbocycles.